The average Bonchev–Trinajstić information content (AvgIpc) is 2.68. The second-order valence-corrected chi connectivity index (χ2v) is 9.02. The van der Waals surface area contributed by atoms with Gasteiger partial charge in [0.15, 0.2) is 0 Å². The van der Waals surface area contributed by atoms with Gasteiger partial charge in [0, 0.05) is 35.5 Å². The summed E-state index contributed by atoms with van der Waals surface area (Å²) in [5.74, 6) is -0.248. The van der Waals surface area contributed by atoms with Crippen LogP contribution in [0, 0.1) is 35.5 Å². The molecule has 0 radical (unpaired) electrons. The zero-order valence-corrected chi connectivity index (χ0v) is 16.3. The van der Waals surface area contributed by atoms with E-state index in [0.29, 0.717) is 12.8 Å². The highest BCUT2D eigenvalue weighted by atomic mass is 16.3. The van der Waals surface area contributed by atoms with Crippen LogP contribution in [0.5, 0.6) is 0 Å². The van der Waals surface area contributed by atoms with Gasteiger partial charge in [0.2, 0.25) is 0 Å². The van der Waals surface area contributed by atoms with Gasteiger partial charge in [-0.25, -0.2) is 0 Å². The third kappa shape index (κ3) is 4.68. The van der Waals surface area contributed by atoms with Crippen LogP contribution in [0.25, 0.3) is 0 Å². The molecule has 152 valence electrons. The zero-order chi connectivity index (χ0) is 19.4. The summed E-state index contributed by atoms with van der Waals surface area (Å²) in [7, 11) is 0. The minimum atomic E-state index is -0.242. The van der Waals surface area contributed by atoms with E-state index < -0.39 is 0 Å². The highest BCUT2D eigenvalue weighted by Gasteiger charge is 2.40. The van der Waals surface area contributed by atoms with Crippen LogP contribution >= 0.6 is 0 Å². The van der Waals surface area contributed by atoms with E-state index in [9.17, 15) is 24.6 Å². The Balaban J connectivity index is 1.59. The Morgan fingerprint density at radius 2 is 0.778 bits per heavy atom. The van der Waals surface area contributed by atoms with Crippen molar-refractivity contribution in [2.24, 2.45) is 35.5 Å². The topological polar surface area (TPSA) is 91.7 Å². The standard InChI is InChI=1S/C22H34O5/c23-12-18-8-2-6-16(21(18)26)10-14-4-1-5-15(20(14)25)11-17-7-3-9-19(13-24)22(17)27/h14-19,23-24H,1-13H2. The van der Waals surface area contributed by atoms with Gasteiger partial charge in [0.1, 0.15) is 17.3 Å². The number of carbonyl (C=O) groups excluding carboxylic acids is 3. The number of hydrogen-bond acceptors (Lipinski definition) is 5. The number of carbonyl (C=O) groups is 3. The van der Waals surface area contributed by atoms with Crippen LogP contribution < -0.4 is 0 Å². The van der Waals surface area contributed by atoms with Crippen molar-refractivity contribution in [3.63, 3.8) is 0 Å². The van der Waals surface area contributed by atoms with Crippen molar-refractivity contribution in [3.05, 3.63) is 0 Å². The molecule has 5 heteroatoms. The summed E-state index contributed by atoms with van der Waals surface area (Å²) in [6.45, 7) is -0.154. The highest BCUT2D eigenvalue weighted by Crippen LogP contribution is 2.39. The summed E-state index contributed by atoms with van der Waals surface area (Å²) in [5, 5.41) is 18.8. The normalized spacial score (nSPS) is 38.2. The molecule has 0 saturated heterocycles. The van der Waals surface area contributed by atoms with Gasteiger partial charge in [-0.15, -0.1) is 0 Å². The van der Waals surface area contributed by atoms with E-state index in [0.717, 1.165) is 57.8 Å². The van der Waals surface area contributed by atoms with Crippen LogP contribution in [0.2, 0.25) is 0 Å². The molecule has 5 nitrogen and oxygen atoms in total. The van der Waals surface area contributed by atoms with Crippen LogP contribution in [0.4, 0.5) is 0 Å². The SMILES string of the molecule is O=C1C(CO)CCCC1CC1CCCC(CC2CCCC(CO)C2=O)C1=O. The maximum atomic E-state index is 13.1. The van der Waals surface area contributed by atoms with Crippen LogP contribution in [0.15, 0.2) is 0 Å². The van der Waals surface area contributed by atoms with Crippen LogP contribution in [0.3, 0.4) is 0 Å². The van der Waals surface area contributed by atoms with E-state index in [-0.39, 0.29) is 66.1 Å². The quantitative estimate of drug-likeness (QED) is 0.741. The number of hydrogen-bond donors (Lipinski definition) is 2. The Morgan fingerprint density at radius 1 is 0.519 bits per heavy atom. The van der Waals surface area contributed by atoms with E-state index in [1.807, 2.05) is 0 Å². The summed E-state index contributed by atoms with van der Waals surface area (Å²) in [5.41, 5.74) is 0. The minimum Gasteiger partial charge on any atom is -0.396 e. The first-order valence-electron chi connectivity index (χ1n) is 10.9. The first-order chi connectivity index (χ1) is 13.0. The van der Waals surface area contributed by atoms with Crippen molar-refractivity contribution in [1.82, 2.24) is 0 Å². The molecule has 0 aromatic heterocycles. The first-order valence-corrected chi connectivity index (χ1v) is 10.9. The maximum absolute atomic E-state index is 13.1. The van der Waals surface area contributed by atoms with Crippen LogP contribution in [0.1, 0.15) is 70.6 Å². The van der Waals surface area contributed by atoms with Crippen molar-refractivity contribution in [1.29, 1.82) is 0 Å². The van der Waals surface area contributed by atoms with Crippen molar-refractivity contribution >= 4 is 17.3 Å². The molecule has 0 bridgehead atoms. The molecule has 0 aromatic rings. The lowest BCUT2D eigenvalue weighted by Gasteiger charge is -2.35. The molecule has 6 atom stereocenters. The van der Waals surface area contributed by atoms with Crippen molar-refractivity contribution in [3.8, 4) is 0 Å². The molecule has 27 heavy (non-hydrogen) atoms. The van der Waals surface area contributed by atoms with E-state index in [1.165, 1.54) is 0 Å². The predicted octanol–water partition coefficient (Wildman–Crippen LogP) is 2.71. The van der Waals surface area contributed by atoms with Gasteiger partial charge in [0.05, 0.1) is 13.2 Å². The van der Waals surface area contributed by atoms with Gasteiger partial charge >= 0.3 is 0 Å². The number of rotatable bonds is 6. The van der Waals surface area contributed by atoms with E-state index in [1.54, 1.807) is 0 Å². The maximum Gasteiger partial charge on any atom is 0.141 e. The van der Waals surface area contributed by atoms with Gasteiger partial charge < -0.3 is 10.2 Å². The monoisotopic (exact) mass is 378 g/mol. The Hall–Kier alpha value is -1.07. The molecular weight excluding hydrogens is 344 g/mol. The fourth-order valence-electron chi connectivity index (χ4n) is 5.67. The molecule has 2 N–H and O–H groups in total. The van der Waals surface area contributed by atoms with Crippen molar-refractivity contribution in [2.75, 3.05) is 13.2 Å². The van der Waals surface area contributed by atoms with E-state index >= 15 is 0 Å². The van der Waals surface area contributed by atoms with Gasteiger partial charge in [-0.1, -0.05) is 19.3 Å². The summed E-state index contributed by atoms with van der Waals surface area (Å²) >= 11 is 0. The lowest BCUT2D eigenvalue weighted by atomic mass is 9.68. The molecule has 3 aliphatic carbocycles. The summed E-state index contributed by atoms with van der Waals surface area (Å²) in [6.07, 6.45) is 9.04. The Kier molecular flexibility index (Phi) is 7.21. The molecule has 0 aromatic carbocycles. The molecule has 6 unspecified atom stereocenters. The van der Waals surface area contributed by atoms with E-state index in [4.69, 9.17) is 0 Å². The van der Waals surface area contributed by atoms with Crippen molar-refractivity contribution < 1.29 is 24.6 Å². The second-order valence-electron chi connectivity index (χ2n) is 9.02. The molecule has 0 spiro atoms. The highest BCUT2D eigenvalue weighted by molar-refractivity contribution is 5.88. The molecule has 3 aliphatic rings. The fraction of sp³-hybridized carbons (Fsp3) is 0.864. The zero-order valence-electron chi connectivity index (χ0n) is 16.3. The van der Waals surface area contributed by atoms with Crippen molar-refractivity contribution in [2.45, 2.75) is 70.6 Å². The molecule has 3 rings (SSSR count). The predicted molar refractivity (Wildman–Crippen MR) is 101 cm³/mol. The molecule has 0 amide bonds. The summed E-state index contributed by atoms with van der Waals surface area (Å²) < 4.78 is 0. The van der Waals surface area contributed by atoms with Gasteiger partial charge in [-0.05, 0) is 51.4 Å². The van der Waals surface area contributed by atoms with Gasteiger partial charge in [-0.2, -0.15) is 0 Å². The minimum absolute atomic E-state index is 0.0672. The third-order valence-electron chi connectivity index (χ3n) is 7.31. The van der Waals surface area contributed by atoms with Gasteiger partial charge in [-0.3, -0.25) is 14.4 Å². The summed E-state index contributed by atoms with van der Waals surface area (Å²) in [4.78, 5) is 38.1. The Morgan fingerprint density at radius 3 is 1.07 bits per heavy atom. The lowest BCUT2D eigenvalue weighted by Crippen LogP contribution is -2.38. The number of aliphatic hydroxyl groups is 2. The number of ketones is 3. The largest absolute Gasteiger partial charge is 0.396 e. The second kappa shape index (κ2) is 9.42. The molecule has 3 fully saturated rings. The Bertz CT molecular complexity index is 511. The molecule has 0 aliphatic heterocycles. The average molecular weight is 379 g/mol. The number of aliphatic hydroxyl groups excluding tert-OH is 2. The third-order valence-corrected chi connectivity index (χ3v) is 7.31. The first kappa shape index (κ1) is 20.7. The molecule has 3 saturated carbocycles. The van der Waals surface area contributed by atoms with Gasteiger partial charge in [0.25, 0.3) is 0 Å². The molecule has 0 heterocycles. The van der Waals surface area contributed by atoms with Crippen LogP contribution in [-0.2, 0) is 14.4 Å². The smallest absolute Gasteiger partial charge is 0.141 e. The fourth-order valence-corrected chi connectivity index (χ4v) is 5.67. The number of Topliss-reactive ketones (excluding diaryl/α,β-unsaturated/α-hetero) is 3. The Labute approximate surface area is 161 Å². The van der Waals surface area contributed by atoms with E-state index in [2.05, 4.69) is 0 Å². The lowest BCUT2D eigenvalue weighted by molar-refractivity contribution is -0.135. The summed E-state index contributed by atoms with van der Waals surface area (Å²) in [6, 6.07) is 0. The molecular formula is C22H34O5. The van der Waals surface area contributed by atoms with Crippen LogP contribution in [-0.4, -0.2) is 40.8 Å².